The quantitative estimate of drug-likeness (QED) is 0.787. The van der Waals surface area contributed by atoms with E-state index in [1.54, 1.807) is 20.8 Å². The van der Waals surface area contributed by atoms with Gasteiger partial charge in [-0.2, -0.15) is 0 Å². The molecule has 2 rings (SSSR count). The van der Waals surface area contributed by atoms with E-state index >= 15 is 0 Å². The maximum Gasteiger partial charge on any atom is 0.216 e. The zero-order chi connectivity index (χ0) is 15.5. The molecule has 2 atom stereocenters. The van der Waals surface area contributed by atoms with Crippen LogP contribution in [0.15, 0.2) is 30.3 Å². The number of sulfonamides is 1. The fourth-order valence-electron chi connectivity index (χ4n) is 2.13. The summed E-state index contributed by atoms with van der Waals surface area (Å²) in [6.07, 6.45) is 2.63. The maximum absolute atomic E-state index is 12.3. The number of ether oxygens (including phenoxy) is 1. The highest BCUT2D eigenvalue weighted by atomic mass is 32.2. The van der Waals surface area contributed by atoms with Crippen molar-refractivity contribution in [2.45, 2.75) is 56.9 Å². The number of nitrogens with one attached hydrogen (secondary N) is 1. The van der Waals surface area contributed by atoms with Gasteiger partial charge in [0.05, 0.1) is 17.5 Å². The van der Waals surface area contributed by atoms with E-state index in [2.05, 4.69) is 16.9 Å². The Morgan fingerprint density at radius 2 is 1.90 bits per heavy atom. The van der Waals surface area contributed by atoms with Gasteiger partial charge in [0.2, 0.25) is 10.0 Å². The van der Waals surface area contributed by atoms with Gasteiger partial charge in [0.25, 0.3) is 0 Å². The van der Waals surface area contributed by atoms with Gasteiger partial charge in [-0.15, -0.1) is 0 Å². The van der Waals surface area contributed by atoms with Crippen LogP contribution in [0.4, 0.5) is 0 Å². The zero-order valence-electron chi connectivity index (χ0n) is 13.0. The molecular formula is C16H25NO3S. The van der Waals surface area contributed by atoms with Crippen LogP contribution in [0.25, 0.3) is 0 Å². The molecular weight excluding hydrogens is 286 g/mol. The van der Waals surface area contributed by atoms with E-state index in [9.17, 15) is 8.42 Å². The van der Waals surface area contributed by atoms with Gasteiger partial charge in [-0.1, -0.05) is 30.3 Å². The van der Waals surface area contributed by atoms with Crippen molar-refractivity contribution < 1.29 is 13.2 Å². The van der Waals surface area contributed by atoms with Crippen LogP contribution in [0.2, 0.25) is 0 Å². The monoisotopic (exact) mass is 311 g/mol. The fraction of sp³-hybridized carbons (Fsp3) is 0.625. The molecule has 4 nitrogen and oxygen atoms in total. The van der Waals surface area contributed by atoms with Crippen LogP contribution in [-0.4, -0.2) is 31.9 Å². The summed E-state index contributed by atoms with van der Waals surface area (Å²) in [5, 5.41) is 0. The summed E-state index contributed by atoms with van der Waals surface area (Å²) in [5.41, 5.74) is 1.23. The van der Waals surface area contributed by atoms with E-state index in [-0.39, 0.29) is 12.1 Å². The number of rotatable bonds is 7. The predicted octanol–water partition coefficient (Wildman–Crippen LogP) is 2.49. The molecule has 0 unspecified atom stereocenters. The first kappa shape index (κ1) is 16.5. The van der Waals surface area contributed by atoms with E-state index in [1.165, 1.54) is 5.56 Å². The van der Waals surface area contributed by atoms with Crippen LogP contribution >= 0.6 is 0 Å². The molecule has 21 heavy (non-hydrogen) atoms. The lowest BCUT2D eigenvalue weighted by atomic mass is 10.0. The van der Waals surface area contributed by atoms with Crippen molar-refractivity contribution in [1.82, 2.24) is 4.72 Å². The molecule has 0 spiro atoms. The van der Waals surface area contributed by atoms with Gasteiger partial charge >= 0.3 is 0 Å². The fourth-order valence-corrected chi connectivity index (χ4v) is 3.13. The third-order valence-electron chi connectivity index (χ3n) is 3.70. The molecule has 1 aromatic rings. The first-order chi connectivity index (χ1) is 9.78. The molecule has 118 valence electrons. The van der Waals surface area contributed by atoms with Gasteiger partial charge < -0.3 is 4.74 Å². The maximum atomic E-state index is 12.3. The molecule has 0 bridgehead atoms. The standard InChI is InChI=1S/C16H25NO3S/c1-16(2,3)21(18,19)17-14(11-15-12-20-15)10-9-13-7-5-4-6-8-13/h4-8,14-15,17H,9-12H2,1-3H3/t14-,15-/m1/s1. The Hall–Kier alpha value is -0.910. The van der Waals surface area contributed by atoms with E-state index < -0.39 is 14.8 Å². The molecule has 0 amide bonds. The lowest BCUT2D eigenvalue weighted by Crippen LogP contribution is -2.45. The highest BCUT2D eigenvalue weighted by molar-refractivity contribution is 7.90. The average molecular weight is 311 g/mol. The zero-order valence-corrected chi connectivity index (χ0v) is 13.8. The Bertz CT molecular complexity index is 545. The van der Waals surface area contributed by atoms with E-state index in [0.29, 0.717) is 0 Å². The van der Waals surface area contributed by atoms with Gasteiger partial charge in [0.15, 0.2) is 0 Å². The molecule has 1 heterocycles. The molecule has 0 aliphatic carbocycles. The van der Waals surface area contributed by atoms with Gasteiger partial charge in [-0.05, 0) is 45.6 Å². The normalized spacial score (nSPS) is 20.2. The highest BCUT2D eigenvalue weighted by Crippen LogP contribution is 2.21. The Balaban J connectivity index is 1.97. The van der Waals surface area contributed by atoms with Crippen molar-refractivity contribution in [3.05, 3.63) is 35.9 Å². The molecule has 0 aromatic heterocycles. The summed E-state index contributed by atoms with van der Waals surface area (Å²) >= 11 is 0. The second-order valence-corrected chi connectivity index (χ2v) is 9.11. The second-order valence-electron chi connectivity index (χ2n) is 6.65. The second kappa shape index (κ2) is 6.46. The average Bonchev–Trinajstić information content (AvgIpc) is 3.19. The SMILES string of the molecule is CC(C)(C)S(=O)(=O)N[C@H](CCc1ccccc1)C[C@@H]1CO1. The Morgan fingerprint density at radius 1 is 1.29 bits per heavy atom. The van der Waals surface area contributed by atoms with Crippen molar-refractivity contribution in [2.75, 3.05) is 6.61 Å². The Labute approximate surface area is 127 Å². The lowest BCUT2D eigenvalue weighted by molar-refractivity contribution is 0.365. The van der Waals surface area contributed by atoms with Gasteiger partial charge in [-0.3, -0.25) is 0 Å². The molecule has 0 radical (unpaired) electrons. The van der Waals surface area contributed by atoms with Gasteiger partial charge in [-0.25, -0.2) is 13.1 Å². The topological polar surface area (TPSA) is 58.7 Å². The van der Waals surface area contributed by atoms with E-state index in [1.807, 2.05) is 18.2 Å². The highest BCUT2D eigenvalue weighted by Gasteiger charge is 2.34. The van der Waals surface area contributed by atoms with Gasteiger partial charge in [0.1, 0.15) is 0 Å². The number of hydrogen-bond donors (Lipinski definition) is 1. The summed E-state index contributed by atoms with van der Waals surface area (Å²) in [4.78, 5) is 0. The molecule has 1 aromatic carbocycles. The van der Waals surface area contributed by atoms with Crippen LogP contribution in [0.5, 0.6) is 0 Å². The van der Waals surface area contributed by atoms with Crippen molar-refractivity contribution in [3.63, 3.8) is 0 Å². The first-order valence-electron chi connectivity index (χ1n) is 7.45. The van der Waals surface area contributed by atoms with E-state index in [0.717, 1.165) is 25.9 Å². The lowest BCUT2D eigenvalue weighted by Gasteiger charge is -2.25. The predicted molar refractivity (Wildman–Crippen MR) is 84.7 cm³/mol. The van der Waals surface area contributed by atoms with Crippen LogP contribution in [0.3, 0.4) is 0 Å². The Morgan fingerprint density at radius 3 is 2.43 bits per heavy atom. The van der Waals surface area contributed by atoms with Gasteiger partial charge in [0, 0.05) is 6.04 Å². The third kappa shape index (κ3) is 5.09. The summed E-state index contributed by atoms with van der Waals surface area (Å²) in [6, 6.07) is 10.1. The van der Waals surface area contributed by atoms with E-state index in [4.69, 9.17) is 4.74 Å². The molecule has 5 heteroatoms. The molecule has 1 N–H and O–H groups in total. The number of benzene rings is 1. The van der Waals surface area contributed by atoms with Crippen molar-refractivity contribution in [1.29, 1.82) is 0 Å². The summed E-state index contributed by atoms with van der Waals surface area (Å²) < 4.78 is 32.0. The van der Waals surface area contributed by atoms with Crippen LogP contribution in [0, 0.1) is 0 Å². The minimum atomic E-state index is -3.32. The van der Waals surface area contributed by atoms with Crippen molar-refractivity contribution in [2.24, 2.45) is 0 Å². The van der Waals surface area contributed by atoms with Crippen LogP contribution in [-0.2, 0) is 21.2 Å². The summed E-state index contributed by atoms with van der Waals surface area (Å²) in [6.45, 7) is 5.91. The molecule has 0 saturated carbocycles. The van der Waals surface area contributed by atoms with Crippen molar-refractivity contribution >= 4 is 10.0 Å². The van der Waals surface area contributed by atoms with Crippen LogP contribution in [0.1, 0.15) is 39.2 Å². The van der Waals surface area contributed by atoms with Crippen LogP contribution < -0.4 is 4.72 Å². The van der Waals surface area contributed by atoms with Crippen molar-refractivity contribution in [3.8, 4) is 0 Å². The molecule has 1 aliphatic heterocycles. The summed E-state index contributed by atoms with van der Waals surface area (Å²) in [7, 11) is -3.32. The number of hydrogen-bond acceptors (Lipinski definition) is 3. The number of epoxide rings is 1. The smallest absolute Gasteiger partial charge is 0.216 e. The number of aryl methyl sites for hydroxylation is 1. The third-order valence-corrected chi connectivity index (χ3v) is 5.96. The molecule has 1 saturated heterocycles. The Kier molecular flexibility index (Phi) is 5.07. The molecule has 1 aliphatic rings. The largest absolute Gasteiger partial charge is 0.373 e. The molecule has 1 fully saturated rings. The summed E-state index contributed by atoms with van der Waals surface area (Å²) in [5.74, 6) is 0. The minimum absolute atomic E-state index is 0.0677. The minimum Gasteiger partial charge on any atom is -0.373 e. The first-order valence-corrected chi connectivity index (χ1v) is 8.94.